The summed E-state index contributed by atoms with van der Waals surface area (Å²) in [6.07, 6.45) is 6.88. The van der Waals surface area contributed by atoms with Crippen LogP contribution in [0, 0.1) is 18.7 Å². The topological polar surface area (TPSA) is 80.6 Å². The molecule has 1 aliphatic heterocycles. The van der Waals surface area contributed by atoms with Crippen LogP contribution >= 0.6 is 0 Å². The van der Waals surface area contributed by atoms with Gasteiger partial charge in [-0.05, 0) is 68.1 Å². The number of carbonyl (C=O) groups is 1. The third-order valence-electron chi connectivity index (χ3n) is 6.89. The second kappa shape index (κ2) is 9.35. The maximum absolute atomic E-state index is 13.6. The number of aryl methyl sites for hydroxylation is 1. The lowest BCUT2D eigenvalue weighted by atomic mass is 10.0. The molecule has 0 spiro atoms. The van der Waals surface area contributed by atoms with Gasteiger partial charge in [0, 0.05) is 48.0 Å². The molecule has 2 N–H and O–H groups in total. The lowest BCUT2D eigenvalue weighted by molar-refractivity contribution is 0.0950. The third kappa shape index (κ3) is 4.56. The van der Waals surface area contributed by atoms with Crippen LogP contribution in [0.2, 0.25) is 0 Å². The van der Waals surface area contributed by atoms with Gasteiger partial charge in [0.25, 0.3) is 5.91 Å². The van der Waals surface area contributed by atoms with E-state index in [0.29, 0.717) is 34.7 Å². The Labute approximate surface area is 208 Å². The number of amides is 1. The maximum Gasteiger partial charge on any atom is 0.251 e. The molecule has 0 bridgehead atoms. The lowest BCUT2D eigenvalue weighted by Gasteiger charge is -2.14. The molecule has 2 aromatic carbocycles. The lowest BCUT2D eigenvalue weighted by Crippen LogP contribution is -2.26. The monoisotopic (exact) mass is 485 g/mol. The molecule has 1 unspecified atom stereocenters. The molecular formula is C28H28FN5O2. The van der Waals surface area contributed by atoms with Gasteiger partial charge in [0.05, 0.1) is 24.2 Å². The predicted octanol–water partition coefficient (Wildman–Crippen LogP) is 4.85. The van der Waals surface area contributed by atoms with Crippen LogP contribution in [0.15, 0.2) is 54.9 Å². The summed E-state index contributed by atoms with van der Waals surface area (Å²) in [7, 11) is 0. The van der Waals surface area contributed by atoms with Crippen molar-refractivity contribution in [2.24, 2.45) is 5.92 Å². The highest BCUT2D eigenvalue weighted by molar-refractivity contribution is 5.96. The Balaban J connectivity index is 1.39. The molecular weight excluding hydrogens is 457 g/mol. The number of hydrogen-bond donors (Lipinski definition) is 2. The van der Waals surface area contributed by atoms with Crippen molar-refractivity contribution >= 4 is 17.4 Å². The fraction of sp³-hybridized carbons (Fsp3) is 0.321. The largest absolute Gasteiger partial charge is 0.381 e. The Hall–Kier alpha value is -3.78. The van der Waals surface area contributed by atoms with Gasteiger partial charge < -0.3 is 15.4 Å². The Morgan fingerprint density at radius 3 is 2.67 bits per heavy atom. The molecule has 1 atom stereocenters. The number of aromatic nitrogens is 3. The van der Waals surface area contributed by atoms with Crippen LogP contribution in [0.3, 0.4) is 0 Å². The summed E-state index contributed by atoms with van der Waals surface area (Å²) in [6, 6.07) is 12.5. The van der Waals surface area contributed by atoms with Crippen LogP contribution in [0.1, 0.15) is 35.2 Å². The number of halogens is 1. The number of rotatable bonds is 7. The van der Waals surface area contributed by atoms with Gasteiger partial charge in [-0.25, -0.2) is 14.4 Å². The van der Waals surface area contributed by atoms with Crippen LogP contribution in [0.5, 0.6) is 0 Å². The van der Waals surface area contributed by atoms with Gasteiger partial charge in [-0.1, -0.05) is 6.07 Å². The van der Waals surface area contributed by atoms with Crippen molar-refractivity contribution in [3.8, 4) is 22.5 Å². The Kier molecular flexibility index (Phi) is 5.89. The molecule has 8 heteroatoms. The molecule has 1 saturated carbocycles. The first kappa shape index (κ1) is 22.7. The van der Waals surface area contributed by atoms with E-state index in [4.69, 9.17) is 14.7 Å². The number of fused-ring (bicyclic) bond motifs is 1. The number of hydrogen-bond acceptors (Lipinski definition) is 5. The zero-order chi connectivity index (χ0) is 24.6. The van der Waals surface area contributed by atoms with Gasteiger partial charge in [-0.15, -0.1) is 0 Å². The quantitative estimate of drug-likeness (QED) is 0.391. The molecule has 1 amide bonds. The fourth-order valence-corrected chi connectivity index (χ4v) is 4.63. The molecule has 1 saturated heterocycles. The predicted molar refractivity (Wildman–Crippen MR) is 136 cm³/mol. The van der Waals surface area contributed by atoms with E-state index in [2.05, 4.69) is 10.6 Å². The summed E-state index contributed by atoms with van der Waals surface area (Å²) >= 11 is 0. The van der Waals surface area contributed by atoms with Crippen LogP contribution in [0.4, 0.5) is 10.2 Å². The first-order valence-corrected chi connectivity index (χ1v) is 12.4. The van der Waals surface area contributed by atoms with Crippen molar-refractivity contribution in [2.45, 2.75) is 32.2 Å². The SMILES string of the molecule is Cc1cc(-c2cnc3c(NCC4CCOC4)nc(-c4ccc(F)cc4)cn23)ccc1C(=O)NC1CC1. The Morgan fingerprint density at radius 1 is 1.14 bits per heavy atom. The number of nitrogens with one attached hydrogen (secondary N) is 2. The molecule has 184 valence electrons. The minimum Gasteiger partial charge on any atom is -0.381 e. The smallest absolute Gasteiger partial charge is 0.251 e. The molecule has 7 nitrogen and oxygen atoms in total. The van der Waals surface area contributed by atoms with E-state index >= 15 is 0 Å². The molecule has 2 aliphatic rings. The van der Waals surface area contributed by atoms with Crippen LogP contribution in [0.25, 0.3) is 28.2 Å². The summed E-state index contributed by atoms with van der Waals surface area (Å²) in [5.74, 6) is 0.786. The zero-order valence-electron chi connectivity index (χ0n) is 20.1. The molecule has 4 aromatic rings. The Morgan fingerprint density at radius 2 is 1.94 bits per heavy atom. The summed E-state index contributed by atoms with van der Waals surface area (Å²) in [4.78, 5) is 22.1. The standard InChI is InChI=1S/C28H28FN5O2/c1-17-12-20(4-9-23(17)28(35)32-22-7-8-22)25-14-31-27-26(30-13-18-10-11-36-16-18)33-24(15-34(25)27)19-2-5-21(29)6-3-19/h2-6,9,12,14-15,18,22H,7-8,10-11,13,16H2,1H3,(H,30,33)(H,32,35). The summed E-state index contributed by atoms with van der Waals surface area (Å²) in [5, 5.41) is 6.53. The average molecular weight is 486 g/mol. The van der Waals surface area contributed by atoms with E-state index in [1.54, 1.807) is 12.1 Å². The zero-order valence-corrected chi connectivity index (χ0v) is 20.1. The second-order valence-corrected chi connectivity index (χ2v) is 9.71. The van der Waals surface area contributed by atoms with Crippen molar-refractivity contribution in [2.75, 3.05) is 25.1 Å². The van der Waals surface area contributed by atoms with Gasteiger partial charge in [0.15, 0.2) is 11.5 Å². The number of anilines is 1. The fourth-order valence-electron chi connectivity index (χ4n) is 4.63. The highest BCUT2D eigenvalue weighted by atomic mass is 19.1. The minimum absolute atomic E-state index is 0.0233. The Bertz CT molecular complexity index is 1420. The molecule has 2 fully saturated rings. The van der Waals surface area contributed by atoms with E-state index < -0.39 is 0 Å². The molecule has 0 radical (unpaired) electrons. The molecule has 36 heavy (non-hydrogen) atoms. The first-order chi connectivity index (χ1) is 17.5. The molecule has 3 heterocycles. The van der Waals surface area contributed by atoms with Crippen LogP contribution in [-0.4, -0.2) is 46.1 Å². The van der Waals surface area contributed by atoms with Crippen molar-refractivity contribution in [3.63, 3.8) is 0 Å². The normalized spacial score (nSPS) is 17.4. The van der Waals surface area contributed by atoms with E-state index in [1.165, 1.54) is 12.1 Å². The van der Waals surface area contributed by atoms with E-state index in [1.807, 2.05) is 41.9 Å². The highest BCUT2D eigenvalue weighted by Crippen LogP contribution is 2.30. The van der Waals surface area contributed by atoms with Crippen LogP contribution in [-0.2, 0) is 4.74 Å². The van der Waals surface area contributed by atoms with Crippen molar-refractivity contribution in [1.29, 1.82) is 0 Å². The number of nitrogens with zero attached hydrogens (tertiary/aromatic N) is 3. The summed E-state index contributed by atoms with van der Waals surface area (Å²) in [5.41, 5.74) is 5.68. The van der Waals surface area contributed by atoms with E-state index in [9.17, 15) is 9.18 Å². The van der Waals surface area contributed by atoms with E-state index in [-0.39, 0.29) is 11.7 Å². The number of ether oxygens (including phenoxy) is 1. The third-order valence-corrected chi connectivity index (χ3v) is 6.89. The number of benzene rings is 2. The van der Waals surface area contributed by atoms with Crippen molar-refractivity contribution in [1.82, 2.24) is 19.7 Å². The van der Waals surface area contributed by atoms with Gasteiger partial charge >= 0.3 is 0 Å². The van der Waals surface area contributed by atoms with Gasteiger partial charge in [-0.2, -0.15) is 0 Å². The first-order valence-electron chi connectivity index (χ1n) is 12.4. The summed E-state index contributed by atoms with van der Waals surface area (Å²) < 4.78 is 21.1. The van der Waals surface area contributed by atoms with Crippen LogP contribution < -0.4 is 10.6 Å². The van der Waals surface area contributed by atoms with Gasteiger partial charge in [0.1, 0.15) is 5.82 Å². The maximum atomic E-state index is 13.6. The van der Waals surface area contributed by atoms with Gasteiger partial charge in [0.2, 0.25) is 0 Å². The highest BCUT2D eigenvalue weighted by Gasteiger charge is 2.25. The van der Waals surface area contributed by atoms with E-state index in [0.717, 1.165) is 61.4 Å². The molecule has 2 aromatic heterocycles. The van der Waals surface area contributed by atoms with Gasteiger partial charge in [-0.3, -0.25) is 9.20 Å². The molecule has 6 rings (SSSR count). The van der Waals surface area contributed by atoms with Crippen molar-refractivity contribution < 1.29 is 13.9 Å². The number of carbonyl (C=O) groups excluding carboxylic acids is 1. The molecule has 1 aliphatic carbocycles. The minimum atomic E-state index is -0.288. The van der Waals surface area contributed by atoms with Crippen molar-refractivity contribution in [3.05, 3.63) is 71.8 Å². The number of imidazole rings is 1. The average Bonchev–Trinajstić information content (AvgIpc) is 3.35. The second-order valence-electron chi connectivity index (χ2n) is 9.71. The summed E-state index contributed by atoms with van der Waals surface area (Å²) in [6.45, 7) is 4.21.